The largest absolute Gasteiger partial charge is 0.341 e. The minimum Gasteiger partial charge on any atom is -0.341 e. The van der Waals surface area contributed by atoms with Gasteiger partial charge in [0.05, 0.1) is 4.90 Å². The molecule has 0 bridgehead atoms. The van der Waals surface area contributed by atoms with E-state index in [2.05, 4.69) is 4.72 Å². The first-order valence-corrected chi connectivity index (χ1v) is 9.39. The molecule has 134 valence electrons. The Morgan fingerprint density at radius 3 is 2.48 bits per heavy atom. The monoisotopic (exact) mass is 384 g/mol. The minimum absolute atomic E-state index is 0.00970. The van der Waals surface area contributed by atoms with Gasteiger partial charge in [0.1, 0.15) is 5.82 Å². The minimum atomic E-state index is -3.66. The number of hydrogen-bond acceptors (Lipinski definition) is 3. The lowest BCUT2D eigenvalue weighted by molar-refractivity contribution is -0.130. The molecular formula is C17H18ClFN2O3S. The van der Waals surface area contributed by atoms with Gasteiger partial charge in [0, 0.05) is 37.1 Å². The van der Waals surface area contributed by atoms with Crippen molar-refractivity contribution in [3.05, 3.63) is 64.9 Å². The molecule has 2 aromatic carbocycles. The van der Waals surface area contributed by atoms with Crippen molar-refractivity contribution in [3.8, 4) is 0 Å². The zero-order chi connectivity index (χ0) is 18.4. The summed E-state index contributed by atoms with van der Waals surface area (Å²) in [5.41, 5.74) is 0.227. The number of rotatable bonds is 7. The summed E-state index contributed by atoms with van der Waals surface area (Å²) in [5.74, 6) is -0.813. The molecule has 0 spiro atoms. The molecule has 0 aliphatic carbocycles. The molecule has 2 aromatic rings. The maximum absolute atomic E-state index is 13.8. The van der Waals surface area contributed by atoms with E-state index in [1.807, 2.05) is 0 Å². The fourth-order valence-electron chi connectivity index (χ4n) is 2.17. The number of nitrogens with zero attached hydrogens (tertiary/aromatic N) is 1. The first-order valence-electron chi connectivity index (χ1n) is 7.53. The molecule has 0 unspecified atom stereocenters. The van der Waals surface area contributed by atoms with Crippen LogP contribution in [0, 0.1) is 5.82 Å². The molecule has 25 heavy (non-hydrogen) atoms. The van der Waals surface area contributed by atoms with Crippen LogP contribution in [0.2, 0.25) is 5.02 Å². The van der Waals surface area contributed by atoms with Gasteiger partial charge < -0.3 is 4.90 Å². The second-order valence-electron chi connectivity index (χ2n) is 5.41. The topological polar surface area (TPSA) is 66.5 Å². The molecular weight excluding hydrogens is 367 g/mol. The van der Waals surface area contributed by atoms with E-state index in [1.54, 1.807) is 24.3 Å². The quantitative estimate of drug-likeness (QED) is 0.798. The van der Waals surface area contributed by atoms with Crippen molar-refractivity contribution >= 4 is 27.5 Å². The van der Waals surface area contributed by atoms with E-state index in [9.17, 15) is 17.6 Å². The average molecular weight is 385 g/mol. The lowest BCUT2D eigenvalue weighted by Crippen LogP contribution is -2.32. The van der Waals surface area contributed by atoms with Gasteiger partial charge in [-0.2, -0.15) is 0 Å². The molecule has 0 fully saturated rings. The summed E-state index contributed by atoms with van der Waals surface area (Å²) < 4.78 is 40.3. The predicted molar refractivity (Wildman–Crippen MR) is 94.1 cm³/mol. The van der Waals surface area contributed by atoms with Crippen LogP contribution < -0.4 is 4.72 Å². The van der Waals surface area contributed by atoms with Gasteiger partial charge >= 0.3 is 0 Å². The SMILES string of the molecule is CN(Cc1c(F)cccc1Cl)C(=O)CCNS(=O)(=O)c1ccccc1. The van der Waals surface area contributed by atoms with Gasteiger partial charge in [0.2, 0.25) is 15.9 Å². The van der Waals surface area contributed by atoms with Crippen LogP contribution in [0.5, 0.6) is 0 Å². The van der Waals surface area contributed by atoms with Crippen molar-refractivity contribution in [2.24, 2.45) is 0 Å². The van der Waals surface area contributed by atoms with Crippen LogP contribution in [-0.4, -0.2) is 32.8 Å². The second kappa shape index (κ2) is 8.42. The van der Waals surface area contributed by atoms with Crippen LogP contribution in [0.25, 0.3) is 0 Å². The molecule has 0 heterocycles. The third-order valence-corrected chi connectivity index (χ3v) is 5.40. The summed E-state index contributed by atoms with van der Waals surface area (Å²) in [4.78, 5) is 13.6. The van der Waals surface area contributed by atoms with Crippen LogP contribution in [0.4, 0.5) is 4.39 Å². The molecule has 1 amide bonds. The van der Waals surface area contributed by atoms with Crippen molar-refractivity contribution < 1.29 is 17.6 Å². The Balaban J connectivity index is 1.90. The van der Waals surface area contributed by atoms with E-state index in [0.717, 1.165) is 0 Å². The van der Waals surface area contributed by atoms with Gasteiger partial charge in [-0.15, -0.1) is 0 Å². The fourth-order valence-corrected chi connectivity index (χ4v) is 3.45. The molecule has 0 saturated carbocycles. The lowest BCUT2D eigenvalue weighted by atomic mass is 10.2. The van der Waals surface area contributed by atoms with Crippen molar-refractivity contribution in [1.29, 1.82) is 0 Å². The lowest BCUT2D eigenvalue weighted by Gasteiger charge is -2.18. The molecule has 2 rings (SSSR count). The Bertz CT molecular complexity index is 824. The summed E-state index contributed by atoms with van der Waals surface area (Å²) in [6.45, 7) is -0.0405. The predicted octanol–water partition coefficient (Wildman–Crippen LogP) is 2.81. The van der Waals surface area contributed by atoms with E-state index in [4.69, 9.17) is 11.6 Å². The van der Waals surface area contributed by atoms with Crippen LogP contribution in [0.3, 0.4) is 0 Å². The number of amides is 1. The highest BCUT2D eigenvalue weighted by Gasteiger charge is 2.16. The molecule has 0 aliphatic rings. The highest BCUT2D eigenvalue weighted by atomic mass is 35.5. The summed E-state index contributed by atoms with van der Waals surface area (Å²) in [7, 11) is -2.15. The van der Waals surface area contributed by atoms with Crippen LogP contribution in [0.15, 0.2) is 53.4 Å². The highest BCUT2D eigenvalue weighted by molar-refractivity contribution is 7.89. The van der Waals surface area contributed by atoms with Gasteiger partial charge in [-0.3, -0.25) is 4.79 Å². The van der Waals surface area contributed by atoms with Gasteiger partial charge in [-0.05, 0) is 24.3 Å². The number of nitrogens with one attached hydrogen (secondary N) is 1. The first-order chi connectivity index (χ1) is 11.8. The smallest absolute Gasteiger partial charge is 0.240 e. The van der Waals surface area contributed by atoms with Crippen LogP contribution in [-0.2, 0) is 21.4 Å². The zero-order valence-corrected chi connectivity index (χ0v) is 15.1. The van der Waals surface area contributed by atoms with Gasteiger partial charge in [-0.25, -0.2) is 17.5 Å². The Kier molecular flexibility index (Phi) is 6.52. The molecule has 0 aliphatic heterocycles. The number of hydrogen-bond donors (Lipinski definition) is 1. The maximum atomic E-state index is 13.8. The Morgan fingerprint density at radius 1 is 1.16 bits per heavy atom. The molecule has 8 heteroatoms. The third kappa shape index (κ3) is 5.26. The van der Waals surface area contributed by atoms with Gasteiger partial charge in [0.15, 0.2) is 0 Å². The number of carbonyl (C=O) groups excluding carboxylic acids is 1. The van der Waals surface area contributed by atoms with Gasteiger partial charge in [-0.1, -0.05) is 35.9 Å². The molecule has 0 atom stereocenters. The molecule has 0 saturated heterocycles. The highest BCUT2D eigenvalue weighted by Crippen LogP contribution is 2.20. The standard InChI is InChI=1S/C17H18ClFN2O3S/c1-21(12-14-15(18)8-5-9-16(14)19)17(22)10-11-20-25(23,24)13-6-3-2-4-7-13/h2-9,20H,10-12H2,1H3. The third-order valence-electron chi connectivity index (χ3n) is 3.57. The normalized spacial score (nSPS) is 11.3. The number of benzene rings is 2. The summed E-state index contributed by atoms with van der Waals surface area (Å²) in [6.07, 6.45) is -0.0470. The van der Waals surface area contributed by atoms with Crippen LogP contribution in [0.1, 0.15) is 12.0 Å². The van der Waals surface area contributed by atoms with Gasteiger partial charge in [0.25, 0.3) is 0 Å². The number of sulfonamides is 1. The Morgan fingerprint density at radius 2 is 1.84 bits per heavy atom. The van der Waals surface area contributed by atoms with Crippen molar-refractivity contribution in [1.82, 2.24) is 9.62 Å². The Hall–Kier alpha value is -1.96. The second-order valence-corrected chi connectivity index (χ2v) is 7.58. The number of carbonyl (C=O) groups is 1. The molecule has 5 nitrogen and oxygen atoms in total. The van der Waals surface area contributed by atoms with Crippen molar-refractivity contribution in [3.63, 3.8) is 0 Å². The van der Waals surface area contributed by atoms with Crippen LogP contribution >= 0.6 is 11.6 Å². The average Bonchev–Trinajstić information content (AvgIpc) is 2.58. The van der Waals surface area contributed by atoms with E-state index in [0.29, 0.717) is 0 Å². The van der Waals surface area contributed by atoms with Crippen molar-refractivity contribution in [2.75, 3.05) is 13.6 Å². The maximum Gasteiger partial charge on any atom is 0.240 e. The Labute approximate surface area is 151 Å². The molecule has 0 aromatic heterocycles. The summed E-state index contributed by atoms with van der Waals surface area (Å²) in [6, 6.07) is 12.2. The first kappa shape index (κ1) is 19.4. The van der Waals surface area contributed by atoms with E-state index in [-0.39, 0.29) is 40.9 Å². The summed E-state index contributed by atoms with van der Waals surface area (Å²) >= 11 is 5.94. The zero-order valence-electron chi connectivity index (χ0n) is 13.6. The molecule has 0 radical (unpaired) electrons. The fraction of sp³-hybridized carbons (Fsp3) is 0.235. The van der Waals surface area contributed by atoms with E-state index in [1.165, 1.54) is 36.2 Å². The number of halogens is 2. The van der Waals surface area contributed by atoms with E-state index >= 15 is 0 Å². The summed E-state index contributed by atoms with van der Waals surface area (Å²) in [5, 5.41) is 0.240. The van der Waals surface area contributed by atoms with E-state index < -0.39 is 15.8 Å². The van der Waals surface area contributed by atoms with Crippen molar-refractivity contribution in [2.45, 2.75) is 17.9 Å². The molecule has 1 N–H and O–H groups in total.